The molecule has 1 aromatic heterocycles. The first-order chi connectivity index (χ1) is 15.5. The molecule has 2 heterocycles. The predicted octanol–water partition coefficient (Wildman–Crippen LogP) is 4.32. The zero-order valence-electron chi connectivity index (χ0n) is 17.7. The molecule has 0 bridgehead atoms. The number of thiazole rings is 1. The molecule has 2 aromatic carbocycles. The second kappa shape index (κ2) is 10.1. The van der Waals surface area contributed by atoms with Crippen molar-refractivity contribution in [1.82, 2.24) is 15.2 Å². The number of nitrogens with one attached hydrogen (secondary N) is 1. The van der Waals surface area contributed by atoms with Gasteiger partial charge in [-0.2, -0.15) is 0 Å². The molecule has 4 rings (SSSR count). The summed E-state index contributed by atoms with van der Waals surface area (Å²) < 4.78 is 5.16. The summed E-state index contributed by atoms with van der Waals surface area (Å²) in [6.45, 7) is 0.907. The second-order valence-corrected chi connectivity index (χ2v) is 8.87. The molecule has 3 aromatic rings. The van der Waals surface area contributed by atoms with Gasteiger partial charge in [-0.3, -0.25) is 9.59 Å². The molecule has 8 heteroatoms. The van der Waals surface area contributed by atoms with Crippen LogP contribution in [0.1, 0.15) is 24.1 Å². The Morgan fingerprint density at radius 1 is 1.25 bits per heavy atom. The lowest BCUT2D eigenvalue weighted by atomic mass is 10.1. The maximum Gasteiger partial charge on any atom is 0.243 e. The zero-order valence-corrected chi connectivity index (χ0v) is 19.3. The number of halogens is 1. The highest BCUT2D eigenvalue weighted by Crippen LogP contribution is 2.26. The van der Waals surface area contributed by atoms with E-state index in [0.717, 1.165) is 28.2 Å². The Kier molecular flexibility index (Phi) is 7.07. The van der Waals surface area contributed by atoms with E-state index in [1.165, 1.54) is 0 Å². The topological polar surface area (TPSA) is 71.5 Å². The van der Waals surface area contributed by atoms with Gasteiger partial charge in [-0.05, 0) is 30.5 Å². The Labute approximate surface area is 196 Å². The lowest BCUT2D eigenvalue weighted by Crippen LogP contribution is -2.46. The first kappa shape index (κ1) is 22.3. The summed E-state index contributed by atoms with van der Waals surface area (Å²) in [5.41, 5.74) is 2.59. The fraction of sp³-hybridized carbons (Fsp3) is 0.292. The smallest absolute Gasteiger partial charge is 0.243 e. The number of nitrogens with zero attached hydrogens (tertiary/aromatic N) is 2. The van der Waals surface area contributed by atoms with Crippen molar-refractivity contribution in [3.63, 3.8) is 0 Å². The molecule has 1 saturated heterocycles. The average Bonchev–Trinajstić information content (AvgIpc) is 3.49. The first-order valence-electron chi connectivity index (χ1n) is 10.4. The van der Waals surface area contributed by atoms with Crippen LogP contribution in [0.15, 0.2) is 53.9 Å². The highest BCUT2D eigenvalue weighted by Gasteiger charge is 2.34. The molecule has 1 atom stereocenters. The van der Waals surface area contributed by atoms with Crippen molar-refractivity contribution in [2.45, 2.75) is 31.8 Å². The van der Waals surface area contributed by atoms with Crippen LogP contribution in [0.4, 0.5) is 0 Å². The summed E-state index contributed by atoms with van der Waals surface area (Å²) in [6.07, 6.45) is 1.61. The number of aromatic nitrogens is 1. The van der Waals surface area contributed by atoms with Crippen molar-refractivity contribution in [3.05, 3.63) is 70.2 Å². The Morgan fingerprint density at radius 2 is 2.06 bits per heavy atom. The van der Waals surface area contributed by atoms with Crippen molar-refractivity contribution < 1.29 is 14.3 Å². The monoisotopic (exact) mass is 469 g/mol. The van der Waals surface area contributed by atoms with Gasteiger partial charge in [0, 0.05) is 22.5 Å². The minimum absolute atomic E-state index is 0.102. The van der Waals surface area contributed by atoms with Crippen LogP contribution in [-0.2, 0) is 22.6 Å². The van der Waals surface area contributed by atoms with Crippen molar-refractivity contribution in [2.75, 3.05) is 13.7 Å². The molecule has 0 saturated carbocycles. The molecule has 6 nitrogen and oxygen atoms in total. The van der Waals surface area contributed by atoms with Crippen LogP contribution in [0.3, 0.4) is 0 Å². The van der Waals surface area contributed by atoms with Crippen LogP contribution in [0.25, 0.3) is 10.6 Å². The molecule has 32 heavy (non-hydrogen) atoms. The number of likely N-dealkylation sites (tertiary alicyclic amines) is 1. The summed E-state index contributed by atoms with van der Waals surface area (Å²) in [5, 5.41) is 6.30. The Balaban J connectivity index is 1.35. The second-order valence-electron chi connectivity index (χ2n) is 7.61. The SMILES string of the molecule is COc1ccc(CC(=O)N2CCC[C@@H]2C(=O)NCc2csc(-c3ccccc3)n2)c(Cl)c1. The van der Waals surface area contributed by atoms with Gasteiger partial charge in [0.05, 0.1) is 25.8 Å². The number of hydrogen-bond acceptors (Lipinski definition) is 5. The number of benzene rings is 2. The lowest BCUT2D eigenvalue weighted by Gasteiger charge is -2.24. The van der Waals surface area contributed by atoms with Gasteiger partial charge < -0.3 is 15.0 Å². The Hall–Kier alpha value is -2.90. The fourth-order valence-corrected chi connectivity index (χ4v) is 4.86. The molecule has 0 aliphatic carbocycles. The lowest BCUT2D eigenvalue weighted by molar-refractivity contribution is -0.138. The van der Waals surface area contributed by atoms with Gasteiger partial charge in [0.15, 0.2) is 0 Å². The third kappa shape index (κ3) is 5.11. The number of carbonyl (C=O) groups excluding carboxylic acids is 2. The van der Waals surface area contributed by atoms with E-state index in [0.29, 0.717) is 30.3 Å². The van der Waals surface area contributed by atoms with Gasteiger partial charge in [0.2, 0.25) is 11.8 Å². The minimum atomic E-state index is -0.466. The number of amides is 2. The third-order valence-electron chi connectivity index (χ3n) is 5.49. The maximum absolute atomic E-state index is 12.9. The average molecular weight is 470 g/mol. The van der Waals surface area contributed by atoms with Gasteiger partial charge in [-0.15, -0.1) is 11.3 Å². The van der Waals surface area contributed by atoms with Crippen LogP contribution in [0.2, 0.25) is 5.02 Å². The number of methoxy groups -OCH3 is 1. The van der Waals surface area contributed by atoms with Gasteiger partial charge in [-0.25, -0.2) is 4.98 Å². The van der Waals surface area contributed by atoms with E-state index in [-0.39, 0.29) is 18.2 Å². The Bertz CT molecular complexity index is 1100. The number of hydrogen-bond donors (Lipinski definition) is 1. The largest absolute Gasteiger partial charge is 0.497 e. The molecule has 166 valence electrons. The maximum atomic E-state index is 12.9. The van der Waals surface area contributed by atoms with Crippen molar-refractivity contribution in [1.29, 1.82) is 0 Å². The van der Waals surface area contributed by atoms with Crippen LogP contribution < -0.4 is 10.1 Å². The highest BCUT2D eigenvalue weighted by atomic mass is 35.5. The molecular weight excluding hydrogens is 446 g/mol. The number of rotatable bonds is 7. The summed E-state index contributed by atoms with van der Waals surface area (Å²) in [4.78, 5) is 32.0. The van der Waals surface area contributed by atoms with Crippen molar-refractivity contribution >= 4 is 34.8 Å². The van der Waals surface area contributed by atoms with E-state index in [4.69, 9.17) is 16.3 Å². The van der Waals surface area contributed by atoms with E-state index >= 15 is 0 Å². The van der Waals surface area contributed by atoms with E-state index in [2.05, 4.69) is 10.3 Å². The summed E-state index contributed by atoms with van der Waals surface area (Å²) in [6, 6.07) is 14.7. The van der Waals surface area contributed by atoms with E-state index in [1.807, 2.05) is 35.7 Å². The molecule has 0 unspecified atom stereocenters. The predicted molar refractivity (Wildman–Crippen MR) is 126 cm³/mol. The van der Waals surface area contributed by atoms with Crippen LogP contribution in [0, 0.1) is 0 Å². The summed E-state index contributed by atoms with van der Waals surface area (Å²) >= 11 is 7.83. The van der Waals surface area contributed by atoms with E-state index in [1.54, 1.807) is 41.5 Å². The summed E-state index contributed by atoms with van der Waals surface area (Å²) in [7, 11) is 1.57. The van der Waals surface area contributed by atoms with Crippen LogP contribution in [0.5, 0.6) is 5.75 Å². The van der Waals surface area contributed by atoms with Crippen molar-refractivity contribution in [3.8, 4) is 16.3 Å². The standard InChI is InChI=1S/C24H24ClN3O3S/c1-31-19-10-9-17(20(25)13-19)12-22(29)28-11-5-8-21(28)23(30)26-14-18-15-32-24(27-18)16-6-3-2-4-7-16/h2-4,6-7,9-10,13,15,21H,5,8,11-12,14H2,1H3,(H,26,30)/t21-/m1/s1. The third-order valence-corrected chi connectivity index (χ3v) is 6.79. The highest BCUT2D eigenvalue weighted by molar-refractivity contribution is 7.13. The molecule has 1 fully saturated rings. The fourth-order valence-electron chi connectivity index (χ4n) is 3.80. The molecule has 0 spiro atoms. The minimum Gasteiger partial charge on any atom is -0.497 e. The molecule has 2 amide bonds. The van der Waals surface area contributed by atoms with Crippen LogP contribution in [-0.4, -0.2) is 41.4 Å². The summed E-state index contributed by atoms with van der Waals surface area (Å²) in [5.74, 6) is 0.391. The number of ether oxygens (including phenoxy) is 1. The molecule has 0 radical (unpaired) electrons. The van der Waals surface area contributed by atoms with E-state index in [9.17, 15) is 9.59 Å². The van der Waals surface area contributed by atoms with Gasteiger partial charge >= 0.3 is 0 Å². The molecule has 1 aliphatic heterocycles. The van der Waals surface area contributed by atoms with Gasteiger partial charge in [0.1, 0.15) is 16.8 Å². The normalized spacial score (nSPS) is 15.6. The molecule has 1 aliphatic rings. The van der Waals surface area contributed by atoms with Crippen LogP contribution >= 0.6 is 22.9 Å². The van der Waals surface area contributed by atoms with Crippen molar-refractivity contribution in [2.24, 2.45) is 0 Å². The Morgan fingerprint density at radius 3 is 2.81 bits per heavy atom. The molecular formula is C24H24ClN3O3S. The first-order valence-corrected chi connectivity index (χ1v) is 11.7. The quantitative estimate of drug-likeness (QED) is 0.559. The number of carbonyl (C=O) groups is 2. The van der Waals surface area contributed by atoms with Gasteiger partial charge in [0.25, 0.3) is 0 Å². The van der Waals surface area contributed by atoms with E-state index < -0.39 is 6.04 Å². The van der Waals surface area contributed by atoms with Gasteiger partial charge in [-0.1, -0.05) is 48.0 Å². The zero-order chi connectivity index (χ0) is 22.5. The molecule has 1 N–H and O–H groups in total.